The van der Waals surface area contributed by atoms with Gasteiger partial charge in [-0.3, -0.25) is 4.79 Å². The van der Waals surface area contributed by atoms with Crippen molar-refractivity contribution in [3.05, 3.63) is 63.8 Å². The molecule has 2 heterocycles. The molecule has 0 radical (unpaired) electrons. The zero-order chi connectivity index (χ0) is 15.7. The van der Waals surface area contributed by atoms with E-state index in [0.29, 0.717) is 5.92 Å². The molecule has 0 saturated carbocycles. The van der Waals surface area contributed by atoms with Gasteiger partial charge in [-0.25, -0.2) is 5.10 Å². The lowest BCUT2D eigenvalue weighted by molar-refractivity contribution is 0.631. The molecule has 0 unspecified atom stereocenters. The molecule has 4 heteroatoms. The molecule has 0 fully saturated rings. The number of nitrogens with one attached hydrogen (secondary N) is 1. The highest BCUT2D eigenvalue weighted by atomic mass is 16.1. The molecule has 0 spiro atoms. The maximum absolute atomic E-state index is 12.1. The normalized spacial score (nSPS) is 11.5. The molecule has 0 saturated heterocycles. The number of hydrogen-bond acceptors (Lipinski definition) is 2. The van der Waals surface area contributed by atoms with Gasteiger partial charge in [0.05, 0.1) is 11.1 Å². The number of aromatic nitrogens is 3. The van der Waals surface area contributed by atoms with Crippen molar-refractivity contribution in [2.45, 2.75) is 33.7 Å². The van der Waals surface area contributed by atoms with Crippen molar-refractivity contribution in [3.8, 4) is 0 Å². The predicted molar refractivity (Wildman–Crippen MR) is 89.2 cm³/mol. The number of rotatable bonds is 4. The second-order valence-electron chi connectivity index (χ2n) is 6.21. The number of aryl methyl sites for hydroxylation is 1. The molecule has 3 aromatic rings. The topological polar surface area (TPSA) is 50.7 Å². The van der Waals surface area contributed by atoms with Gasteiger partial charge in [-0.15, -0.1) is 0 Å². The SMILES string of the molecule is Cc1c2c(CC(C)C)n[nH]c(=O)c2cn1Cc1ccccc1. The van der Waals surface area contributed by atoms with Crippen LogP contribution in [0.2, 0.25) is 0 Å². The summed E-state index contributed by atoms with van der Waals surface area (Å²) in [5.41, 5.74) is 3.19. The molecular formula is C18H21N3O. The molecule has 4 nitrogen and oxygen atoms in total. The molecule has 0 aliphatic heterocycles. The van der Waals surface area contributed by atoms with E-state index in [2.05, 4.69) is 47.7 Å². The van der Waals surface area contributed by atoms with Crippen molar-refractivity contribution in [2.75, 3.05) is 0 Å². The van der Waals surface area contributed by atoms with Gasteiger partial charge in [-0.2, -0.15) is 5.10 Å². The van der Waals surface area contributed by atoms with Gasteiger partial charge in [0, 0.05) is 23.8 Å². The van der Waals surface area contributed by atoms with Crippen molar-refractivity contribution < 1.29 is 0 Å². The largest absolute Gasteiger partial charge is 0.346 e. The lowest BCUT2D eigenvalue weighted by atomic mass is 10.0. The summed E-state index contributed by atoms with van der Waals surface area (Å²) in [7, 11) is 0. The van der Waals surface area contributed by atoms with E-state index >= 15 is 0 Å². The van der Waals surface area contributed by atoms with Crippen molar-refractivity contribution in [1.82, 2.24) is 14.8 Å². The fourth-order valence-electron chi connectivity index (χ4n) is 2.91. The van der Waals surface area contributed by atoms with Crippen LogP contribution in [0.25, 0.3) is 10.8 Å². The Kier molecular flexibility index (Phi) is 3.84. The zero-order valence-electron chi connectivity index (χ0n) is 13.3. The van der Waals surface area contributed by atoms with Gasteiger partial charge in [0.1, 0.15) is 0 Å². The van der Waals surface area contributed by atoms with Gasteiger partial charge in [0.15, 0.2) is 0 Å². The zero-order valence-corrected chi connectivity index (χ0v) is 13.3. The Morgan fingerprint density at radius 1 is 1.23 bits per heavy atom. The van der Waals surface area contributed by atoms with Gasteiger partial charge < -0.3 is 4.57 Å². The lowest BCUT2D eigenvalue weighted by Crippen LogP contribution is -2.11. The molecule has 0 aliphatic rings. The first-order chi connectivity index (χ1) is 10.6. The maximum atomic E-state index is 12.1. The van der Waals surface area contributed by atoms with E-state index in [1.54, 1.807) is 0 Å². The van der Waals surface area contributed by atoms with Crippen molar-refractivity contribution in [2.24, 2.45) is 5.92 Å². The monoisotopic (exact) mass is 295 g/mol. The van der Waals surface area contributed by atoms with Crippen LogP contribution in [0.4, 0.5) is 0 Å². The number of hydrogen-bond donors (Lipinski definition) is 1. The minimum Gasteiger partial charge on any atom is -0.346 e. The first-order valence-corrected chi connectivity index (χ1v) is 7.67. The van der Waals surface area contributed by atoms with E-state index in [9.17, 15) is 4.79 Å². The van der Waals surface area contributed by atoms with Crippen LogP contribution in [0.1, 0.15) is 30.8 Å². The fraction of sp³-hybridized carbons (Fsp3) is 0.333. The minimum atomic E-state index is -0.114. The van der Waals surface area contributed by atoms with E-state index in [4.69, 9.17) is 0 Å². The molecule has 0 amide bonds. The third kappa shape index (κ3) is 2.69. The summed E-state index contributed by atoms with van der Waals surface area (Å²) < 4.78 is 2.14. The Morgan fingerprint density at radius 2 is 1.95 bits per heavy atom. The van der Waals surface area contributed by atoms with Gasteiger partial charge in [-0.1, -0.05) is 44.2 Å². The van der Waals surface area contributed by atoms with Crippen LogP contribution in [-0.4, -0.2) is 14.8 Å². The summed E-state index contributed by atoms with van der Waals surface area (Å²) in [6.45, 7) is 7.15. The number of H-pyrrole nitrogens is 1. The Hall–Kier alpha value is -2.36. The highest BCUT2D eigenvalue weighted by molar-refractivity contribution is 5.86. The van der Waals surface area contributed by atoms with Crippen LogP contribution in [0.3, 0.4) is 0 Å². The molecule has 1 N–H and O–H groups in total. The average Bonchev–Trinajstić information content (AvgIpc) is 2.81. The van der Waals surface area contributed by atoms with Crippen LogP contribution >= 0.6 is 0 Å². The van der Waals surface area contributed by atoms with Gasteiger partial charge >= 0.3 is 0 Å². The van der Waals surface area contributed by atoms with Crippen molar-refractivity contribution in [3.63, 3.8) is 0 Å². The first kappa shape index (κ1) is 14.6. The predicted octanol–water partition coefficient (Wildman–Crippen LogP) is 3.28. The molecular weight excluding hydrogens is 274 g/mol. The minimum absolute atomic E-state index is 0.114. The number of aromatic amines is 1. The summed E-state index contributed by atoms with van der Waals surface area (Å²) in [6, 6.07) is 10.3. The van der Waals surface area contributed by atoms with Crippen molar-refractivity contribution >= 4 is 10.8 Å². The fourth-order valence-corrected chi connectivity index (χ4v) is 2.91. The van der Waals surface area contributed by atoms with E-state index in [1.807, 2.05) is 24.4 Å². The second-order valence-corrected chi connectivity index (χ2v) is 6.21. The highest BCUT2D eigenvalue weighted by Gasteiger charge is 2.15. The van der Waals surface area contributed by atoms with E-state index < -0.39 is 0 Å². The third-order valence-electron chi connectivity index (χ3n) is 3.97. The summed E-state index contributed by atoms with van der Waals surface area (Å²) >= 11 is 0. The van der Waals surface area contributed by atoms with Gasteiger partial charge in [0.25, 0.3) is 5.56 Å². The number of benzene rings is 1. The standard InChI is InChI=1S/C18H21N3O/c1-12(2)9-16-17-13(3)21(10-14-7-5-4-6-8-14)11-15(17)18(22)20-19-16/h4-8,11-12H,9-10H2,1-3H3,(H,20,22). The Bertz CT molecular complexity index is 844. The lowest BCUT2D eigenvalue weighted by Gasteiger charge is -2.08. The summed E-state index contributed by atoms with van der Waals surface area (Å²) in [5.74, 6) is 0.499. The molecule has 1 aromatic carbocycles. The Balaban J connectivity index is 2.12. The molecule has 0 atom stereocenters. The average molecular weight is 295 g/mol. The highest BCUT2D eigenvalue weighted by Crippen LogP contribution is 2.23. The van der Waals surface area contributed by atoms with Gasteiger partial charge in [0.2, 0.25) is 0 Å². The third-order valence-corrected chi connectivity index (χ3v) is 3.97. The Morgan fingerprint density at radius 3 is 2.64 bits per heavy atom. The van der Waals surface area contributed by atoms with Gasteiger partial charge in [-0.05, 0) is 24.8 Å². The Labute approximate surface area is 129 Å². The van der Waals surface area contributed by atoms with Crippen LogP contribution < -0.4 is 5.56 Å². The van der Waals surface area contributed by atoms with Crippen LogP contribution in [-0.2, 0) is 13.0 Å². The van der Waals surface area contributed by atoms with Crippen LogP contribution in [0, 0.1) is 12.8 Å². The molecule has 22 heavy (non-hydrogen) atoms. The smallest absolute Gasteiger partial charge is 0.273 e. The van der Waals surface area contributed by atoms with Crippen LogP contribution in [0.5, 0.6) is 0 Å². The van der Waals surface area contributed by atoms with E-state index in [0.717, 1.165) is 35.1 Å². The summed E-state index contributed by atoms with van der Waals surface area (Å²) in [5, 5.41) is 8.65. The van der Waals surface area contributed by atoms with Crippen molar-refractivity contribution in [1.29, 1.82) is 0 Å². The number of nitrogens with zero attached hydrogens (tertiary/aromatic N) is 2. The molecule has 0 bridgehead atoms. The quantitative estimate of drug-likeness (QED) is 0.803. The molecule has 0 aliphatic carbocycles. The first-order valence-electron chi connectivity index (χ1n) is 7.67. The summed E-state index contributed by atoms with van der Waals surface area (Å²) in [4.78, 5) is 12.1. The molecule has 2 aromatic heterocycles. The molecule has 114 valence electrons. The van der Waals surface area contributed by atoms with E-state index in [-0.39, 0.29) is 5.56 Å². The second kappa shape index (κ2) is 5.79. The van der Waals surface area contributed by atoms with Crippen LogP contribution in [0.15, 0.2) is 41.3 Å². The van der Waals surface area contributed by atoms with E-state index in [1.165, 1.54) is 5.56 Å². The number of fused-ring (bicyclic) bond motifs is 1. The maximum Gasteiger partial charge on any atom is 0.273 e. The molecule has 3 rings (SSSR count). The summed E-state index contributed by atoms with van der Waals surface area (Å²) in [6.07, 6.45) is 2.81.